The molecule has 29 heavy (non-hydrogen) atoms. The first-order chi connectivity index (χ1) is 14.1. The fraction of sp³-hybridized carbons (Fsp3) is 0.421. The molecule has 4 rings (SSSR count). The monoisotopic (exact) mass is 414 g/mol. The summed E-state index contributed by atoms with van der Waals surface area (Å²) in [4.78, 5) is 37.4. The lowest BCUT2D eigenvalue weighted by Gasteiger charge is -2.12. The second kappa shape index (κ2) is 8.24. The zero-order valence-electron chi connectivity index (χ0n) is 16.1. The Morgan fingerprint density at radius 1 is 1.10 bits per heavy atom. The molecule has 3 amide bonds. The summed E-state index contributed by atoms with van der Waals surface area (Å²) in [6.07, 6.45) is 2.51. The standard InChI is InChI=1S/C19H22N6O3S/c1-2-3-9-24-16(27)13-7-4-5-8-14(13)25-17(24)21-22-19(25)29-11-6-10-23-15(26)12-20-18(23)28/h4-5,7-8H,2-3,6,9-12H2,1H3,(H,20,28). The predicted molar refractivity (Wildman–Crippen MR) is 110 cm³/mol. The van der Waals surface area contributed by atoms with Gasteiger partial charge in [-0.15, -0.1) is 10.2 Å². The number of rotatable bonds is 8. The molecular formula is C19H22N6O3S. The number of carbonyl (C=O) groups excluding carboxylic acids is 2. The van der Waals surface area contributed by atoms with Gasteiger partial charge >= 0.3 is 6.03 Å². The fourth-order valence-corrected chi connectivity index (χ4v) is 4.28. The minimum Gasteiger partial charge on any atom is -0.329 e. The van der Waals surface area contributed by atoms with Crippen LogP contribution in [0.2, 0.25) is 0 Å². The van der Waals surface area contributed by atoms with Crippen molar-refractivity contribution in [1.29, 1.82) is 0 Å². The number of hydrogen-bond acceptors (Lipinski definition) is 6. The second-order valence-electron chi connectivity index (χ2n) is 6.85. The Labute approximate surface area is 171 Å². The van der Waals surface area contributed by atoms with Gasteiger partial charge in [-0.25, -0.2) is 4.79 Å². The van der Waals surface area contributed by atoms with Crippen molar-refractivity contribution in [3.8, 4) is 0 Å². The molecule has 3 aromatic rings. The Bertz CT molecular complexity index is 1120. The van der Waals surface area contributed by atoms with Crippen molar-refractivity contribution in [1.82, 2.24) is 29.4 Å². The zero-order valence-corrected chi connectivity index (χ0v) is 16.9. The summed E-state index contributed by atoms with van der Waals surface area (Å²) >= 11 is 1.50. The van der Waals surface area contributed by atoms with Crippen LogP contribution in [0.4, 0.5) is 4.79 Å². The molecule has 0 atom stereocenters. The van der Waals surface area contributed by atoms with E-state index in [1.165, 1.54) is 16.7 Å². The van der Waals surface area contributed by atoms with E-state index in [2.05, 4.69) is 22.4 Å². The number of benzene rings is 1. The van der Waals surface area contributed by atoms with Crippen molar-refractivity contribution in [3.63, 3.8) is 0 Å². The third-order valence-electron chi connectivity index (χ3n) is 4.91. The Morgan fingerprint density at radius 3 is 2.69 bits per heavy atom. The molecule has 152 valence electrons. The number of aromatic nitrogens is 4. The average molecular weight is 414 g/mol. The molecule has 0 saturated carbocycles. The van der Waals surface area contributed by atoms with Gasteiger partial charge < -0.3 is 5.32 Å². The topological polar surface area (TPSA) is 102 Å². The normalized spacial score (nSPS) is 14.3. The summed E-state index contributed by atoms with van der Waals surface area (Å²) in [5, 5.41) is 12.4. The molecule has 10 heteroatoms. The quantitative estimate of drug-likeness (QED) is 0.343. The number of urea groups is 1. The summed E-state index contributed by atoms with van der Waals surface area (Å²) in [5.41, 5.74) is 0.728. The van der Waals surface area contributed by atoms with Crippen LogP contribution in [-0.2, 0) is 11.3 Å². The molecule has 0 spiro atoms. The Kier molecular flexibility index (Phi) is 5.52. The third kappa shape index (κ3) is 3.59. The van der Waals surface area contributed by atoms with E-state index in [4.69, 9.17) is 0 Å². The second-order valence-corrected chi connectivity index (χ2v) is 7.91. The van der Waals surface area contributed by atoms with E-state index in [9.17, 15) is 14.4 Å². The average Bonchev–Trinajstić information content (AvgIpc) is 3.29. The number of imide groups is 1. The number of thioether (sulfide) groups is 1. The molecule has 2 aromatic heterocycles. The summed E-state index contributed by atoms with van der Waals surface area (Å²) in [7, 11) is 0. The van der Waals surface area contributed by atoms with Crippen molar-refractivity contribution in [2.75, 3.05) is 18.8 Å². The maximum absolute atomic E-state index is 12.9. The van der Waals surface area contributed by atoms with Crippen LogP contribution >= 0.6 is 11.8 Å². The van der Waals surface area contributed by atoms with Gasteiger partial charge in [-0.2, -0.15) is 0 Å². The van der Waals surface area contributed by atoms with E-state index in [-0.39, 0.29) is 24.0 Å². The zero-order chi connectivity index (χ0) is 20.4. The maximum Gasteiger partial charge on any atom is 0.324 e. The van der Waals surface area contributed by atoms with Gasteiger partial charge in [-0.3, -0.25) is 23.5 Å². The fourth-order valence-electron chi connectivity index (χ4n) is 3.41. The van der Waals surface area contributed by atoms with E-state index < -0.39 is 0 Å². The molecule has 9 nitrogen and oxygen atoms in total. The molecule has 1 N–H and O–H groups in total. The summed E-state index contributed by atoms with van der Waals surface area (Å²) in [6.45, 7) is 3.12. The SMILES string of the molecule is CCCCn1c(=O)c2ccccc2n2c(SCCCN3C(=O)CNC3=O)nnc12. The van der Waals surface area contributed by atoms with Crippen LogP contribution in [0.3, 0.4) is 0 Å². The Morgan fingerprint density at radius 2 is 1.93 bits per heavy atom. The van der Waals surface area contributed by atoms with Gasteiger partial charge in [0.25, 0.3) is 5.56 Å². The lowest BCUT2D eigenvalue weighted by atomic mass is 10.2. The van der Waals surface area contributed by atoms with Crippen molar-refractivity contribution >= 4 is 40.4 Å². The van der Waals surface area contributed by atoms with Gasteiger partial charge in [0.1, 0.15) is 0 Å². The van der Waals surface area contributed by atoms with Gasteiger partial charge in [0, 0.05) is 18.8 Å². The van der Waals surface area contributed by atoms with Gasteiger partial charge in [0.2, 0.25) is 11.7 Å². The molecular weight excluding hydrogens is 392 g/mol. The van der Waals surface area contributed by atoms with Crippen LogP contribution in [0.15, 0.2) is 34.2 Å². The van der Waals surface area contributed by atoms with Crippen LogP contribution in [-0.4, -0.2) is 54.8 Å². The Balaban J connectivity index is 1.60. The molecule has 1 saturated heterocycles. The number of nitrogens with zero attached hydrogens (tertiary/aromatic N) is 5. The van der Waals surface area contributed by atoms with Gasteiger partial charge in [0.15, 0.2) is 5.16 Å². The molecule has 3 heterocycles. The van der Waals surface area contributed by atoms with E-state index in [1.54, 1.807) is 4.57 Å². The van der Waals surface area contributed by atoms with E-state index in [1.807, 2.05) is 28.7 Å². The molecule has 1 fully saturated rings. The smallest absolute Gasteiger partial charge is 0.324 e. The van der Waals surface area contributed by atoms with Crippen LogP contribution < -0.4 is 10.9 Å². The number of nitrogens with one attached hydrogen (secondary N) is 1. The van der Waals surface area contributed by atoms with E-state index >= 15 is 0 Å². The van der Waals surface area contributed by atoms with E-state index in [0.717, 1.165) is 18.4 Å². The highest BCUT2D eigenvalue weighted by atomic mass is 32.2. The van der Waals surface area contributed by atoms with Gasteiger partial charge in [0.05, 0.1) is 17.4 Å². The van der Waals surface area contributed by atoms with Gasteiger partial charge in [-0.1, -0.05) is 37.2 Å². The molecule has 1 aliphatic heterocycles. The maximum atomic E-state index is 12.9. The summed E-state index contributed by atoms with van der Waals surface area (Å²) < 4.78 is 3.61. The lowest BCUT2D eigenvalue weighted by Crippen LogP contribution is -2.32. The summed E-state index contributed by atoms with van der Waals surface area (Å²) in [5.74, 6) is 1.01. The molecule has 0 aliphatic carbocycles. The molecule has 0 radical (unpaired) electrons. The molecule has 0 bridgehead atoms. The van der Waals surface area contributed by atoms with Gasteiger partial charge in [-0.05, 0) is 25.0 Å². The molecule has 1 aliphatic rings. The van der Waals surface area contributed by atoms with Crippen LogP contribution in [0.25, 0.3) is 16.7 Å². The number of aryl methyl sites for hydroxylation is 1. The largest absolute Gasteiger partial charge is 0.329 e. The number of hydrogen-bond donors (Lipinski definition) is 1. The number of unbranched alkanes of at least 4 members (excludes halogenated alkanes) is 1. The molecule has 0 unspecified atom stereocenters. The number of amides is 3. The highest BCUT2D eigenvalue weighted by molar-refractivity contribution is 7.99. The van der Waals surface area contributed by atoms with E-state index in [0.29, 0.717) is 41.6 Å². The van der Waals surface area contributed by atoms with Crippen molar-refractivity contribution in [3.05, 3.63) is 34.6 Å². The van der Waals surface area contributed by atoms with Crippen LogP contribution in [0.5, 0.6) is 0 Å². The van der Waals surface area contributed by atoms with Crippen molar-refractivity contribution in [2.24, 2.45) is 0 Å². The van der Waals surface area contributed by atoms with Crippen molar-refractivity contribution in [2.45, 2.75) is 37.9 Å². The first-order valence-corrected chi connectivity index (χ1v) is 10.7. The number of para-hydroxylation sites is 1. The van der Waals surface area contributed by atoms with Crippen LogP contribution in [0.1, 0.15) is 26.2 Å². The highest BCUT2D eigenvalue weighted by Gasteiger charge is 2.27. The third-order valence-corrected chi connectivity index (χ3v) is 5.92. The first kappa shape index (κ1) is 19.4. The number of carbonyl (C=O) groups is 2. The lowest BCUT2D eigenvalue weighted by molar-refractivity contribution is -0.124. The minimum absolute atomic E-state index is 0.0518. The highest BCUT2D eigenvalue weighted by Crippen LogP contribution is 2.22. The van der Waals surface area contributed by atoms with Crippen LogP contribution in [0, 0.1) is 0 Å². The first-order valence-electron chi connectivity index (χ1n) is 9.69. The van der Waals surface area contributed by atoms with Crippen molar-refractivity contribution < 1.29 is 9.59 Å². The summed E-state index contributed by atoms with van der Waals surface area (Å²) in [6, 6.07) is 7.14. The minimum atomic E-state index is -0.334. The Hall–Kier alpha value is -2.88. The molecule has 1 aromatic carbocycles. The predicted octanol–water partition coefficient (Wildman–Crippen LogP) is 1.88. The number of fused-ring (bicyclic) bond motifs is 3.